The van der Waals surface area contributed by atoms with Gasteiger partial charge in [0, 0.05) is 4.90 Å². The smallest absolute Gasteiger partial charge is 0.291 e. The maximum Gasteiger partial charge on any atom is 0.291 e. The van der Waals surface area contributed by atoms with E-state index < -0.39 is 6.04 Å². The first-order valence-corrected chi connectivity index (χ1v) is 11.3. The third-order valence-electron chi connectivity index (χ3n) is 5.75. The van der Waals surface area contributed by atoms with E-state index in [0.29, 0.717) is 22.3 Å². The van der Waals surface area contributed by atoms with Gasteiger partial charge in [-0.1, -0.05) is 18.2 Å². The third-order valence-corrected chi connectivity index (χ3v) is 6.49. The maximum absolute atomic E-state index is 13.7. The molecule has 0 saturated carbocycles. The molecule has 0 saturated heterocycles. The number of carbonyl (C=O) groups is 1. The first-order valence-electron chi connectivity index (χ1n) is 10.0. The van der Waals surface area contributed by atoms with Crippen LogP contribution in [0.2, 0.25) is 0 Å². The molecule has 6 heteroatoms. The van der Waals surface area contributed by atoms with Gasteiger partial charge in [-0.25, -0.2) is 0 Å². The Labute approximate surface area is 183 Å². The quantitative estimate of drug-likeness (QED) is 0.401. The van der Waals surface area contributed by atoms with Crippen molar-refractivity contribution in [1.29, 1.82) is 0 Å². The number of hydrogen-bond acceptors (Lipinski definition) is 5. The second-order valence-corrected chi connectivity index (χ2v) is 8.70. The van der Waals surface area contributed by atoms with Gasteiger partial charge in [0.15, 0.2) is 5.43 Å². The van der Waals surface area contributed by atoms with E-state index in [-0.39, 0.29) is 23.6 Å². The normalized spacial score (nSPS) is 15.6. The van der Waals surface area contributed by atoms with E-state index in [9.17, 15) is 9.59 Å². The molecular weight excluding hydrogens is 410 g/mol. The number of furan rings is 1. The Kier molecular flexibility index (Phi) is 4.74. The maximum atomic E-state index is 13.7. The number of thioether (sulfide) groups is 1. The van der Waals surface area contributed by atoms with Gasteiger partial charge in [0.25, 0.3) is 5.91 Å². The lowest BCUT2D eigenvalue weighted by Crippen LogP contribution is -2.29. The zero-order valence-electron chi connectivity index (χ0n) is 17.5. The molecule has 1 atom stereocenters. The van der Waals surface area contributed by atoms with Crippen LogP contribution in [0.5, 0.6) is 0 Å². The second kappa shape index (κ2) is 7.46. The SMILES string of the molecule is CSc1ccc([C@@H]2c3c(oc4cc(C)cc(C)c4c3=O)C(=O)N2Cc2ccco2)cc1. The first-order chi connectivity index (χ1) is 15.0. The fraction of sp³-hybridized carbons (Fsp3) is 0.200. The molecule has 1 amide bonds. The van der Waals surface area contributed by atoms with Gasteiger partial charge in [0.05, 0.1) is 29.8 Å². The molecule has 2 aromatic heterocycles. The number of fused-ring (bicyclic) bond motifs is 2. The molecule has 0 spiro atoms. The van der Waals surface area contributed by atoms with Crippen LogP contribution < -0.4 is 5.43 Å². The van der Waals surface area contributed by atoms with E-state index in [1.165, 1.54) is 0 Å². The highest BCUT2D eigenvalue weighted by Gasteiger charge is 2.43. The fourth-order valence-electron chi connectivity index (χ4n) is 4.38. The first kappa shape index (κ1) is 19.7. The Morgan fingerprint density at radius 3 is 2.52 bits per heavy atom. The van der Waals surface area contributed by atoms with E-state index >= 15 is 0 Å². The number of rotatable bonds is 4. The number of hydrogen-bond donors (Lipinski definition) is 0. The summed E-state index contributed by atoms with van der Waals surface area (Å²) in [6.45, 7) is 4.10. The summed E-state index contributed by atoms with van der Waals surface area (Å²) in [6.07, 6.45) is 3.59. The van der Waals surface area contributed by atoms with Gasteiger partial charge in [-0.3, -0.25) is 9.59 Å². The molecule has 5 nitrogen and oxygen atoms in total. The van der Waals surface area contributed by atoms with Gasteiger partial charge in [-0.2, -0.15) is 0 Å². The van der Waals surface area contributed by atoms with Crippen LogP contribution in [0.1, 0.15) is 44.6 Å². The van der Waals surface area contributed by atoms with E-state index in [1.807, 2.05) is 62.6 Å². The molecule has 1 aliphatic rings. The number of carbonyl (C=O) groups excluding carboxylic acids is 1. The van der Waals surface area contributed by atoms with Crippen LogP contribution >= 0.6 is 11.8 Å². The van der Waals surface area contributed by atoms with Crippen molar-refractivity contribution >= 4 is 28.6 Å². The Morgan fingerprint density at radius 1 is 1.06 bits per heavy atom. The summed E-state index contributed by atoms with van der Waals surface area (Å²) in [5.74, 6) is 0.465. The lowest BCUT2D eigenvalue weighted by atomic mass is 9.97. The molecular formula is C25H21NO4S. The molecule has 1 aliphatic heterocycles. The predicted octanol–water partition coefficient (Wildman–Crippen LogP) is 5.47. The Morgan fingerprint density at radius 2 is 1.84 bits per heavy atom. The molecule has 0 bridgehead atoms. The van der Waals surface area contributed by atoms with Gasteiger partial charge < -0.3 is 13.7 Å². The minimum Gasteiger partial charge on any atom is -0.467 e. The van der Waals surface area contributed by atoms with E-state index in [1.54, 1.807) is 29.0 Å². The van der Waals surface area contributed by atoms with E-state index in [4.69, 9.17) is 8.83 Å². The van der Waals surface area contributed by atoms with Crippen LogP contribution in [0.15, 0.2) is 73.3 Å². The lowest BCUT2D eigenvalue weighted by molar-refractivity contribution is 0.0701. The Bertz CT molecular complexity index is 1350. The number of amides is 1. The topological polar surface area (TPSA) is 63.7 Å². The van der Waals surface area contributed by atoms with Gasteiger partial charge >= 0.3 is 0 Å². The van der Waals surface area contributed by atoms with Crippen LogP contribution in [0.4, 0.5) is 0 Å². The molecule has 31 heavy (non-hydrogen) atoms. The zero-order valence-corrected chi connectivity index (χ0v) is 18.3. The number of nitrogens with zero attached hydrogens (tertiary/aromatic N) is 1. The fourth-order valence-corrected chi connectivity index (χ4v) is 4.79. The largest absolute Gasteiger partial charge is 0.467 e. The minimum atomic E-state index is -0.537. The molecule has 0 N–H and O–H groups in total. The summed E-state index contributed by atoms with van der Waals surface area (Å²) in [5, 5.41) is 0.530. The molecule has 3 heterocycles. The highest BCUT2D eigenvalue weighted by Crippen LogP contribution is 2.40. The molecule has 2 aromatic carbocycles. The predicted molar refractivity (Wildman–Crippen MR) is 121 cm³/mol. The zero-order chi connectivity index (χ0) is 21.7. The van der Waals surface area contributed by atoms with Gasteiger partial charge in [0.1, 0.15) is 11.3 Å². The van der Waals surface area contributed by atoms with Crippen molar-refractivity contribution in [3.8, 4) is 0 Å². The average Bonchev–Trinajstić information content (AvgIpc) is 3.35. The van der Waals surface area contributed by atoms with Crippen molar-refractivity contribution in [2.45, 2.75) is 31.3 Å². The molecule has 0 fully saturated rings. The van der Waals surface area contributed by atoms with Crippen molar-refractivity contribution in [2.24, 2.45) is 0 Å². The van der Waals surface area contributed by atoms with Crippen LogP contribution in [0, 0.1) is 13.8 Å². The summed E-state index contributed by atoms with van der Waals surface area (Å²) in [7, 11) is 0. The van der Waals surface area contributed by atoms with Crippen molar-refractivity contribution < 1.29 is 13.6 Å². The van der Waals surface area contributed by atoms with Crippen molar-refractivity contribution in [3.63, 3.8) is 0 Å². The molecule has 5 rings (SSSR count). The molecule has 4 aromatic rings. The standard InChI is InChI=1S/C25H21NO4S/c1-14-11-15(2)20-19(12-14)30-24-21(23(20)27)22(16-6-8-18(31-3)9-7-16)26(25(24)28)13-17-5-4-10-29-17/h4-12,22H,13H2,1-3H3/t22-/m1/s1. The van der Waals surface area contributed by atoms with Crippen LogP contribution in [0.3, 0.4) is 0 Å². The summed E-state index contributed by atoms with van der Waals surface area (Å²) in [5.41, 5.74) is 3.39. The second-order valence-electron chi connectivity index (χ2n) is 7.82. The van der Waals surface area contributed by atoms with Crippen LogP contribution in [-0.2, 0) is 6.54 Å². The van der Waals surface area contributed by atoms with Crippen LogP contribution in [-0.4, -0.2) is 17.1 Å². The lowest BCUT2D eigenvalue weighted by Gasteiger charge is -2.24. The van der Waals surface area contributed by atoms with Gasteiger partial charge in [-0.05, 0) is 67.1 Å². The minimum absolute atomic E-state index is 0.119. The van der Waals surface area contributed by atoms with E-state index in [0.717, 1.165) is 21.6 Å². The monoisotopic (exact) mass is 431 g/mol. The van der Waals surface area contributed by atoms with Gasteiger partial charge in [-0.15, -0.1) is 11.8 Å². The molecule has 156 valence electrons. The molecule has 0 aliphatic carbocycles. The summed E-state index contributed by atoms with van der Waals surface area (Å²) in [6, 6.07) is 14.8. The highest BCUT2D eigenvalue weighted by molar-refractivity contribution is 7.98. The molecule has 0 unspecified atom stereocenters. The summed E-state index contributed by atoms with van der Waals surface area (Å²) in [4.78, 5) is 29.9. The van der Waals surface area contributed by atoms with Crippen molar-refractivity contribution in [2.75, 3.05) is 6.26 Å². The van der Waals surface area contributed by atoms with Crippen molar-refractivity contribution in [3.05, 3.63) is 98.8 Å². The number of benzene rings is 2. The third kappa shape index (κ3) is 3.18. The van der Waals surface area contributed by atoms with Crippen LogP contribution in [0.25, 0.3) is 11.0 Å². The average molecular weight is 432 g/mol. The summed E-state index contributed by atoms with van der Waals surface area (Å²) >= 11 is 1.64. The summed E-state index contributed by atoms with van der Waals surface area (Å²) < 4.78 is 11.6. The highest BCUT2D eigenvalue weighted by atomic mass is 32.2. The van der Waals surface area contributed by atoms with Gasteiger partial charge in [0.2, 0.25) is 5.76 Å². The Hall–Kier alpha value is -3.25. The Balaban J connectivity index is 1.75. The molecule has 0 radical (unpaired) electrons. The van der Waals surface area contributed by atoms with Crippen molar-refractivity contribution in [1.82, 2.24) is 4.90 Å². The number of aryl methyl sites for hydroxylation is 2. The van der Waals surface area contributed by atoms with E-state index in [2.05, 4.69) is 0 Å².